The summed E-state index contributed by atoms with van der Waals surface area (Å²) in [6.45, 7) is 6.58. The minimum absolute atomic E-state index is 0.188. The van der Waals surface area contributed by atoms with E-state index in [1.807, 2.05) is 6.07 Å². The highest BCUT2D eigenvalue weighted by molar-refractivity contribution is 5.80. The second-order valence-electron chi connectivity index (χ2n) is 11.5. The van der Waals surface area contributed by atoms with Crippen LogP contribution in [0.5, 0.6) is 11.5 Å². The number of ether oxygens (including phenoxy) is 3. The molecule has 0 bridgehead atoms. The van der Waals surface area contributed by atoms with E-state index in [-0.39, 0.29) is 36.8 Å². The van der Waals surface area contributed by atoms with E-state index < -0.39 is 24.3 Å². The average Bonchev–Trinajstić information content (AvgIpc) is 3.05. The molecule has 15 heteroatoms. The number of methoxy groups -OCH3 is 1. The van der Waals surface area contributed by atoms with Crippen LogP contribution >= 0.6 is 0 Å². The molecule has 1 aromatic carbocycles. The molecule has 5 heterocycles. The summed E-state index contributed by atoms with van der Waals surface area (Å²) in [6, 6.07) is 9.30. The Kier molecular flexibility index (Phi) is 9.38. The monoisotopic (exact) mass is 633 g/mol. The van der Waals surface area contributed by atoms with Gasteiger partial charge in [0.05, 0.1) is 50.4 Å². The molecule has 3 fully saturated rings. The zero-order valence-corrected chi connectivity index (χ0v) is 25.7. The molecule has 3 aliphatic rings. The molecule has 14 nitrogen and oxygen atoms in total. The Labute approximate surface area is 265 Å². The van der Waals surface area contributed by atoms with Crippen LogP contribution in [0, 0.1) is 11.3 Å². The third-order valence-corrected chi connectivity index (χ3v) is 8.42. The van der Waals surface area contributed by atoms with E-state index in [2.05, 4.69) is 41.1 Å². The number of carbonyl (C=O) groups is 1. The lowest BCUT2D eigenvalue weighted by molar-refractivity contribution is -0.143. The fraction of sp³-hybridized carbons (Fsp3) is 0.484. The zero-order valence-electron chi connectivity index (χ0n) is 25.7. The lowest BCUT2D eigenvalue weighted by atomic mass is 10.0. The molecule has 3 saturated heterocycles. The van der Waals surface area contributed by atoms with Gasteiger partial charge in [0, 0.05) is 50.8 Å². The first-order valence-corrected chi connectivity index (χ1v) is 15.2. The first-order valence-electron chi connectivity index (χ1n) is 15.2. The van der Waals surface area contributed by atoms with Crippen LogP contribution in [0.25, 0.3) is 11.4 Å². The van der Waals surface area contributed by atoms with Gasteiger partial charge in [-0.1, -0.05) is 0 Å². The number of hydrogen-bond acceptors (Lipinski definition) is 13. The molecule has 0 spiro atoms. The van der Waals surface area contributed by atoms with Crippen LogP contribution in [0.3, 0.4) is 0 Å². The number of piperazine rings is 1. The van der Waals surface area contributed by atoms with Crippen molar-refractivity contribution in [1.29, 1.82) is 5.26 Å². The number of alkyl halides is 1. The molecule has 3 aliphatic heterocycles. The number of aromatic nitrogens is 4. The number of anilines is 3. The Hall–Kier alpha value is -4.65. The Balaban J connectivity index is 1.11. The van der Waals surface area contributed by atoms with Crippen LogP contribution in [0.1, 0.15) is 18.9 Å². The largest absolute Gasteiger partial charge is 0.493 e. The van der Waals surface area contributed by atoms with Gasteiger partial charge in [-0.15, -0.1) is 0 Å². The molecular weight excluding hydrogens is 597 g/mol. The summed E-state index contributed by atoms with van der Waals surface area (Å²) in [6.07, 6.45) is -0.216. The number of nitriles is 1. The van der Waals surface area contributed by atoms with Gasteiger partial charge in [-0.25, -0.2) is 19.3 Å². The minimum Gasteiger partial charge on any atom is -0.493 e. The van der Waals surface area contributed by atoms with E-state index in [0.29, 0.717) is 28.9 Å². The molecule has 3 aromatic rings. The third-order valence-electron chi connectivity index (χ3n) is 8.42. The van der Waals surface area contributed by atoms with Crippen molar-refractivity contribution in [3.63, 3.8) is 0 Å². The quantitative estimate of drug-likeness (QED) is 0.351. The molecule has 6 rings (SSSR count). The van der Waals surface area contributed by atoms with Crippen LogP contribution in [-0.4, -0.2) is 125 Å². The normalized spacial score (nSPS) is 21.2. The van der Waals surface area contributed by atoms with E-state index in [9.17, 15) is 19.6 Å². The number of likely N-dealkylation sites (tertiary alicyclic amines) is 1. The Bertz CT molecular complexity index is 1590. The standard InChI is InChI=1S/C31H36FN9O5/c1-19(42)30(43)41-6-5-26(24(32)15-41)46-25-4-3-20(11-21(25)13-33)28-35-18-36-31(38-28)37-22-12-27(44-2)29(34-14-22)40-9-7-39(8-10-40)23-16-45-17-23/h3-4,11-12,14,18-19,23-24,26,42H,5-10,15-17H2,1-2H3,(H,35,36,37,38)/t19-,24-,26-/m0/s1. The number of rotatable bonds is 9. The molecule has 3 atom stereocenters. The fourth-order valence-electron chi connectivity index (χ4n) is 5.75. The predicted molar refractivity (Wildman–Crippen MR) is 165 cm³/mol. The summed E-state index contributed by atoms with van der Waals surface area (Å²) in [5.41, 5.74) is 1.36. The van der Waals surface area contributed by atoms with Crippen molar-refractivity contribution in [1.82, 2.24) is 29.7 Å². The van der Waals surface area contributed by atoms with E-state index in [1.54, 1.807) is 31.5 Å². The van der Waals surface area contributed by atoms with Gasteiger partial charge in [0.25, 0.3) is 5.91 Å². The number of aliphatic hydroxyl groups excluding tert-OH is 1. The van der Waals surface area contributed by atoms with Crippen molar-refractivity contribution in [2.45, 2.75) is 37.8 Å². The van der Waals surface area contributed by atoms with Crippen LogP contribution in [-0.2, 0) is 9.53 Å². The fourth-order valence-corrected chi connectivity index (χ4v) is 5.75. The molecule has 2 N–H and O–H groups in total. The van der Waals surface area contributed by atoms with Gasteiger partial charge in [0.15, 0.2) is 23.6 Å². The number of pyridine rings is 1. The second-order valence-corrected chi connectivity index (χ2v) is 11.5. The number of aliphatic hydroxyl groups is 1. The number of carbonyl (C=O) groups excluding carboxylic acids is 1. The molecule has 2 aromatic heterocycles. The number of amides is 1. The summed E-state index contributed by atoms with van der Waals surface area (Å²) < 4.78 is 31.8. The number of nitrogens with one attached hydrogen (secondary N) is 1. The van der Waals surface area contributed by atoms with Crippen molar-refractivity contribution in [3.8, 4) is 29.0 Å². The molecule has 0 radical (unpaired) electrons. The average molecular weight is 634 g/mol. The van der Waals surface area contributed by atoms with Gasteiger partial charge in [-0.3, -0.25) is 9.69 Å². The molecule has 0 aliphatic carbocycles. The highest BCUT2D eigenvalue weighted by Crippen LogP contribution is 2.32. The van der Waals surface area contributed by atoms with E-state index in [0.717, 1.165) is 45.2 Å². The number of nitrogens with zero attached hydrogens (tertiary/aromatic N) is 8. The van der Waals surface area contributed by atoms with Gasteiger partial charge in [0.1, 0.15) is 30.4 Å². The van der Waals surface area contributed by atoms with Crippen LogP contribution in [0.4, 0.5) is 21.8 Å². The lowest BCUT2D eigenvalue weighted by Gasteiger charge is -2.43. The van der Waals surface area contributed by atoms with Crippen LogP contribution in [0.2, 0.25) is 0 Å². The maximum absolute atomic E-state index is 14.9. The van der Waals surface area contributed by atoms with Crippen molar-refractivity contribution in [2.75, 3.05) is 69.8 Å². The maximum atomic E-state index is 14.9. The maximum Gasteiger partial charge on any atom is 0.251 e. The number of piperidine rings is 1. The molecule has 242 valence electrons. The first-order chi connectivity index (χ1) is 22.3. The smallest absolute Gasteiger partial charge is 0.251 e. The SMILES string of the molecule is COc1cc(Nc2ncnc(-c3ccc(O[C@H]4CCN(C(=O)[C@H](C)O)C[C@@H]4F)c(C#N)c3)n2)cnc1N1CCN(C2COC2)CC1. The number of hydrogen-bond donors (Lipinski definition) is 2. The van der Waals surface area contributed by atoms with Gasteiger partial charge in [-0.2, -0.15) is 10.2 Å². The topological polar surface area (TPSA) is 162 Å². The molecule has 0 unspecified atom stereocenters. The molecule has 46 heavy (non-hydrogen) atoms. The second kappa shape index (κ2) is 13.8. The Morgan fingerprint density at radius 2 is 1.96 bits per heavy atom. The van der Waals surface area contributed by atoms with Gasteiger partial charge < -0.3 is 34.4 Å². The van der Waals surface area contributed by atoms with Crippen molar-refractivity contribution >= 4 is 23.4 Å². The molecule has 0 saturated carbocycles. The Morgan fingerprint density at radius 1 is 1.15 bits per heavy atom. The highest BCUT2D eigenvalue weighted by Gasteiger charge is 2.35. The lowest BCUT2D eigenvalue weighted by Crippen LogP contribution is -2.56. The van der Waals surface area contributed by atoms with E-state index >= 15 is 0 Å². The number of halogens is 1. The van der Waals surface area contributed by atoms with E-state index in [4.69, 9.17) is 14.2 Å². The minimum atomic E-state index is -1.47. The van der Waals surface area contributed by atoms with Gasteiger partial charge in [-0.05, 0) is 25.1 Å². The number of benzene rings is 1. The van der Waals surface area contributed by atoms with Crippen LogP contribution in [0.15, 0.2) is 36.8 Å². The summed E-state index contributed by atoms with van der Waals surface area (Å²) in [4.78, 5) is 35.7. The third kappa shape index (κ3) is 6.79. The highest BCUT2D eigenvalue weighted by atomic mass is 19.1. The summed E-state index contributed by atoms with van der Waals surface area (Å²) in [5.74, 6) is 1.70. The first kappa shape index (κ1) is 31.3. The van der Waals surface area contributed by atoms with E-state index in [1.165, 1.54) is 18.2 Å². The predicted octanol–water partition coefficient (Wildman–Crippen LogP) is 1.78. The van der Waals surface area contributed by atoms with Crippen molar-refractivity contribution in [2.24, 2.45) is 0 Å². The summed E-state index contributed by atoms with van der Waals surface area (Å²) in [7, 11) is 1.61. The molecular formula is C31H36FN9O5. The summed E-state index contributed by atoms with van der Waals surface area (Å²) in [5, 5.41) is 22.5. The molecule has 1 amide bonds. The summed E-state index contributed by atoms with van der Waals surface area (Å²) >= 11 is 0. The van der Waals surface area contributed by atoms with Gasteiger partial charge in [0.2, 0.25) is 5.95 Å². The Morgan fingerprint density at radius 3 is 2.63 bits per heavy atom. The van der Waals surface area contributed by atoms with Crippen molar-refractivity contribution in [3.05, 3.63) is 42.4 Å². The zero-order chi connectivity index (χ0) is 32.2. The van der Waals surface area contributed by atoms with Gasteiger partial charge >= 0.3 is 0 Å². The van der Waals surface area contributed by atoms with Crippen LogP contribution < -0.4 is 19.7 Å². The van der Waals surface area contributed by atoms with Crippen molar-refractivity contribution < 1.29 is 28.5 Å².